The predicted molar refractivity (Wildman–Crippen MR) is 116 cm³/mol. The highest BCUT2D eigenvalue weighted by Gasteiger charge is 2.50. The SMILES string of the molecule is NC(Cc1ccccc1)(C(C(=O)O)C(=O)OCc1ccccc1)n1cc([N+](=O)[O-])nc1Br. The molecule has 0 aliphatic heterocycles. The zero-order chi connectivity index (χ0) is 23.3. The lowest BCUT2D eigenvalue weighted by atomic mass is 9.86. The van der Waals surface area contributed by atoms with Gasteiger partial charge in [0, 0.05) is 22.4 Å². The molecule has 0 amide bonds. The predicted octanol–water partition coefficient (Wildman–Crippen LogP) is 2.85. The number of rotatable bonds is 9. The molecule has 3 rings (SSSR count). The number of nitrogens with two attached hydrogens (primary N) is 1. The lowest BCUT2D eigenvalue weighted by Crippen LogP contribution is -2.57. The van der Waals surface area contributed by atoms with Gasteiger partial charge in [-0.05, 0) is 21.0 Å². The van der Waals surface area contributed by atoms with Crippen LogP contribution in [0.5, 0.6) is 0 Å². The molecule has 0 aliphatic rings. The smallest absolute Gasteiger partial charge is 0.382 e. The van der Waals surface area contributed by atoms with E-state index in [2.05, 4.69) is 20.9 Å². The standard InChI is InChI=1S/C21H19BrN4O6/c22-20-24-16(26(30)31)12-25(20)21(23,11-14-7-3-1-4-8-14)17(18(27)28)19(29)32-13-15-9-5-2-6-10-15/h1-10,12,17H,11,13,23H2,(H,27,28). The third kappa shape index (κ3) is 5.01. The fourth-order valence-electron chi connectivity index (χ4n) is 3.31. The molecule has 2 aromatic carbocycles. The van der Waals surface area contributed by atoms with Crippen LogP contribution in [0.4, 0.5) is 5.82 Å². The van der Waals surface area contributed by atoms with Crippen molar-refractivity contribution < 1.29 is 24.4 Å². The fourth-order valence-corrected chi connectivity index (χ4v) is 3.92. The first-order valence-corrected chi connectivity index (χ1v) is 10.2. The molecule has 3 aromatic rings. The molecule has 0 spiro atoms. The Morgan fingerprint density at radius 3 is 2.22 bits per heavy atom. The number of carbonyl (C=O) groups excluding carboxylic acids is 1. The number of halogens is 1. The number of nitro groups is 1. The van der Waals surface area contributed by atoms with Gasteiger partial charge in [-0.1, -0.05) is 60.7 Å². The maximum Gasteiger partial charge on any atom is 0.382 e. The van der Waals surface area contributed by atoms with Crippen LogP contribution in [0.1, 0.15) is 11.1 Å². The number of carboxylic acids is 1. The van der Waals surface area contributed by atoms with E-state index < -0.39 is 34.3 Å². The molecule has 1 aromatic heterocycles. The summed E-state index contributed by atoms with van der Waals surface area (Å²) < 4.78 is 6.26. The van der Waals surface area contributed by atoms with Crippen molar-refractivity contribution in [1.82, 2.24) is 9.55 Å². The first-order valence-electron chi connectivity index (χ1n) is 9.38. The topological polar surface area (TPSA) is 151 Å². The second-order valence-corrected chi connectivity index (χ2v) is 7.72. The number of nitrogens with zero attached hydrogens (tertiary/aromatic N) is 3. The molecular formula is C21H19BrN4O6. The first-order chi connectivity index (χ1) is 15.2. The summed E-state index contributed by atoms with van der Waals surface area (Å²) in [6, 6.07) is 17.4. The molecule has 0 aliphatic carbocycles. The Kier molecular flexibility index (Phi) is 7.01. The molecule has 11 heteroatoms. The normalized spacial score (nSPS) is 13.7. The molecule has 0 saturated carbocycles. The van der Waals surface area contributed by atoms with Crippen LogP contribution in [0.15, 0.2) is 71.6 Å². The summed E-state index contributed by atoms with van der Waals surface area (Å²) in [7, 11) is 0. The van der Waals surface area contributed by atoms with Gasteiger partial charge in [0.15, 0.2) is 5.92 Å². The first kappa shape index (κ1) is 23.1. The largest absolute Gasteiger partial charge is 0.480 e. The number of carboxylic acid groups (broad SMARTS) is 1. The zero-order valence-corrected chi connectivity index (χ0v) is 18.2. The van der Waals surface area contributed by atoms with Crippen molar-refractivity contribution in [3.8, 4) is 0 Å². The molecule has 32 heavy (non-hydrogen) atoms. The summed E-state index contributed by atoms with van der Waals surface area (Å²) in [6.07, 6.45) is 0.852. The molecule has 1 heterocycles. The quantitative estimate of drug-likeness (QED) is 0.196. The van der Waals surface area contributed by atoms with Gasteiger partial charge >= 0.3 is 17.8 Å². The Labute approximate surface area is 190 Å². The van der Waals surface area contributed by atoms with Gasteiger partial charge in [-0.15, -0.1) is 0 Å². The fraction of sp³-hybridized carbons (Fsp3) is 0.190. The molecule has 10 nitrogen and oxygen atoms in total. The van der Waals surface area contributed by atoms with Crippen LogP contribution in [0.25, 0.3) is 0 Å². The van der Waals surface area contributed by atoms with Crippen molar-refractivity contribution in [2.24, 2.45) is 11.7 Å². The number of ether oxygens (including phenoxy) is 1. The number of benzene rings is 2. The van der Waals surface area contributed by atoms with E-state index in [0.717, 1.165) is 10.8 Å². The van der Waals surface area contributed by atoms with Crippen molar-refractivity contribution in [2.75, 3.05) is 0 Å². The Bertz CT molecular complexity index is 1120. The third-order valence-corrected chi connectivity index (χ3v) is 5.38. The van der Waals surface area contributed by atoms with E-state index in [1.54, 1.807) is 60.7 Å². The van der Waals surface area contributed by atoms with Crippen LogP contribution >= 0.6 is 15.9 Å². The maximum absolute atomic E-state index is 13.0. The van der Waals surface area contributed by atoms with Crippen molar-refractivity contribution in [3.05, 3.63) is 92.8 Å². The van der Waals surface area contributed by atoms with Gasteiger partial charge in [0.05, 0.1) is 0 Å². The summed E-state index contributed by atoms with van der Waals surface area (Å²) in [5, 5.41) is 21.2. The lowest BCUT2D eigenvalue weighted by molar-refractivity contribution is -0.389. The van der Waals surface area contributed by atoms with Crippen molar-refractivity contribution in [1.29, 1.82) is 0 Å². The maximum atomic E-state index is 13.0. The summed E-state index contributed by atoms with van der Waals surface area (Å²) in [4.78, 5) is 39.4. The molecule has 166 valence electrons. The van der Waals surface area contributed by atoms with E-state index in [1.807, 2.05) is 0 Å². The number of aliphatic carboxylic acids is 1. The number of aromatic nitrogens is 2. The molecule has 2 atom stereocenters. The Hall–Kier alpha value is -3.57. The highest BCUT2D eigenvalue weighted by atomic mass is 79.9. The van der Waals surface area contributed by atoms with Crippen LogP contribution in [0, 0.1) is 16.0 Å². The Balaban J connectivity index is 2.03. The van der Waals surface area contributed by atoms with Gasteiger partial charge in [0.25, 0.3) is 4.73 Å². The number of hydrogen-bond acceptors (Lipinski definition) is 7. The van der Waals surface area contributed by atoms with E-state index >= 15 is 0 Å². The van der Waals surface area contributed by atoms with Crippen molar-refractivity contribution in [3.63, 3.8) is 0 Å². The third-order valence-electron chi connectivity index (χ3n) is 4.82. The van der Waals surface area contributed by atoms with Crippen LogP contribution in [0.3, 0.4) is 0 Å². The van der Waals surface area contributed by atoms with Crippen molar-refractivity contribution in [2.45, 2.75) is 18.7 Å². The second-order valence-electron chi connectivity index (χ2n) is 7.01. The van der Waals surface area contributed by atoms with E-state index in [1.165, 1.54) is 0 Å². The van der Waals surface area contributed by atoms with Crippen LogP contribution in [-0.2, 0) is 33.0 Å². The van der Waals surface area contributed by atoms with Gasteiger partial charge in [-0.3, -0.25) is 14.2 Å². The number of carbonyl (C=O) groups is 2. The van der Waals surface area contributed by atoms with Gasteiger partial charge < -0.3 is 25.7 Å². The average molecular weight is 503 g/mol. The van der Waals surface area contributed by atoms with E-state index in [-0.39, 0.29) is 17.8 Å². The molecule has 0 fully saturated rings. The minimum atomic E-state index is -1.97. The zero-order valence-electron chi connectivity index (χ0n) is 16.6. The minimum absolute atomic E-state index is 0.0928. The van der Waals surface area contributed by atoms with E-state index in [0.29, 0.717) is 11.1 Å². The molecule has 0 bridgehead atoms. The monoisotopic (exact) mass is 502 g/mol. The van der Waals surface area contributed by atoms with Gasteiger partial charge in [-0.2, -0.15) is 0 Å². The number of esters is 1. The van der Waals surface area contributed by atoms with Crippen LogP contribution < -0.4 is 5.73 Å². The van der Waals surface area contributed by atoms with Gasteiger partial charge in [0.2, 0.25) is 0 Å². The highest BCUT2D eigenvalue weighted by molar-refractivity contribution is 9.10. The summed E-state index contributed by atoms with van der Waals surface area (Å²) in [5.41, 5.74) is 5.87. The number of hydrogen-bond donors (Lipinski definition) is 2. The molecule has 3 N–H and O–H groups in total. The van der Waals surface area contributed by atoms with Gasteiger partial charge in [-0.25, -0.2) is 0 Å². The van der Waals surface area contributed by atoms with Crippen molar-refractivity contribution >= 4 is 33.7 Å². The Morgan fingerprint density at radius 2 is 1.72 bits per heavy atom. The van der Waals surface area contributed by atoms with E-state index in [9.17, 15) is 24.8 Å². The highest BCUT2D eigenvalue weighted by Crippen LogP contribution is 2.32. The van der Waals surface area contributed by atoms with Crippen LogP contribution in [0.2, 0.25) is 0 Å². The molecule has 2 unspecified atom stereocenters. The minimum Gasteiger partial charge on any atom is -0.480 e. The average Bonchev–Trinajstić information content (AvgIpc) is 3.16. The molecule has 0 saturated heterocycles. The summed E-state index contributed by atoms with van der Waals surface area (Å²) in [6.45, 7) is -0.157. The second kappa shape index (κ2) is 9.71. The molecule has 0 radical (unpaired) electrons. The number of imidazole rings is 1. The molecular weight excluding hydrogens is 484 g/mol. The van der Waals surface area contributed by atoms with Gasteiger partial charge in [0.1, 0.15) is 18.5 Å². The summed E-state index contributed by atoms with van der Waals surface area (Å²) >= 11 is 3.10. The van der Waals surface area contributed by atoms with E-state index in [4.69, 9.17) is 10.5 Å². The lowest BCUT2D eigenvalue weighted by Gasteiger charge is -2.34. The summed E-state index contributed by atoms with van der Waals surface area (Å²) in [5.74, 6) is -5.06. The Morgan fingerprint density at radius 1 is 1.16 bits per heavy atom. The van der Waals surface area contributed by atoms with Crippen LogP contribution in [-0.4, -0.2) is 31.5 Å².